The first-order valence-electron chi connectivity index (χ1n) is 10.3. The van der Waals surface area contributed by atoms with Gasteiger partial charge in [0.15, 0.2) is 5.96 Å². The quantitative estimate of drug-likeness (QED) is 0.166. The smallest absolute Gasteiger partial charge is 0.191 e. The van der Waals surface area contributed by atoms with Gasteiger partial charge in [-0.25, -0.2) is 18.5 Å². The van der Waals surface area contributed by atoms with Crippen molar-refractivity contribution < 1.29 is 8.78 Å². The molecule has 0 atom stereocenters. The summed E-state index contributed by atoms with van der Waals surface area (Å²) in [5, 5.41) is 20.3. The van der Waals surface area contributed by atoms with Crippen LogP contribution in [-0.2, 0) is 13.0 Å². The number of halogens is 3. The lowest BCUT2D eigenvalue weighted by Gasteiger charge is -2.11. The Balaban J connectivity index is 0.00000385. The molecule has 1 aromatic heterocycles. The molecule has 0 amide bonds. The van der Waals surface area contributed by atoms with Crippen molar-refractivity contribution in [2.45, 2.75) is 26.3 Å². The van der Waals surface area contributed by atoms with E-state index in [1.54, 1.807) is 18.2 Å². The van der Waals surface area contributed by atoms with E-state index in [-0.39, 0.29) is 41.4 Å². The summed E-state index contributed by atoms with van der Waals surface area (Å²) in [5.74, 6) is 0.200. The van der Waals surface area contributed by atoms with E-state index < -0.39 is 0 Å². The summed E-state index contributed by atoms with van der Waals surface area (Å²) in [4.78, 5) is 4.47. The van der Waals surface area contributed by atoms with Gasteiger partial charge in [0, 0.05) is 13.1 Å². The number of aliphatic imine (C=N–C) groups is 1. The second-order valence-electron chi connectivity index (χ2n) is 7.06. The minimum Gasteiger partial charge on any atom is -0.382 e. The summed E-state index contributed by atoms with van der Waals surface area (Å²) >= 11 is 0. The van der Waals surface area contributed by atoms with E-state index in [0.29, 0.717) is 55.4 Å². The lowest BCUT2D eigenvalue weighted by Crippen LogP contribution is -2.37. The maximum atomic E-state index is 13.3. The fraction of sp³-hybridized carbons (Fsp3) is 0.261. The van der Waals surface area contributed by atoms with E-state index in [1.165, 1.54) is 28.9 Å². The average molecular weight is 565 g/mol. The van der Waals surface area contributed by atoms with Crippen LogP contribution in [-0.4, -0.2) is 28.8 Å². The summed E-state index contributed by atoms with van der Waals surface area (Å²) < 4.78 is 28.0. The number of anilines is 1. The molecule has 3 rings (SSSR count). The molecule has 0 spiro atoms. The van der Waals surface area contributed by atoms with Crippen LogP contribution in [0, 0.1) is 23.0 Å². The Morgan fingerprint density at radius 1 is 1.15 bits per heavy atom. The monoisotopic (exact) mass is 565 g/mol. The molecule has 7 nitrogen and oxygen atoms in total. The molecule has 0 unspecified atom stereocenters. The van der Waals surface area contributed by atoms with Gasteiger partial charge in [0.1, 0.15) is 29.1 Å². The molecule has 2 aromatic carbocycles. The van der Waals surface area contributed by atoms with Crippen molar-refractivity contribution in [3.8, 4) is 11.8 Å². The molecule has 0 saturated carbocycles. The molecule has 10 heteroatoms. The molecule has 33 heavy (non-hydrogen) atoms. The molecular weight excluding hydrogens is 539 g/mol. The zero-order valence-corrected chi connectivity index (χ0v) is 20.5. The molecule has 0 saturated heterocycles. The van der Waals surface area contributed by atoms with Crippen molar-refractivity contribution in [2.75, 3.05) is 18.8 Å². The number of rotatable bonds is 8. The molecule has 0 fully saturated rings. The van der Waals surface area contributed by atoms with Crippen LogP contribution in [0.3, 0.4) is 0 Å². The number of nitrogens with zero attached hydrogens (tertiary/aromatic N) is 4. The number of hydrogen-bond donors (Lipinski definition) is 3. The first kappa shape index (κ1) is 26.1. The third kappa shape index (κ3) is 7.15. The van der Waals surface area contributed by atoms with Crippen molar-refractivity contribution in [1.29, 1.82) is 5.26 Å². The van der Waals surface area contributed by atoms with Gasteiger partial charge in [-0.2, -0.15) is 10.4 Å². The Labute approximate surface area is 208 Å². The van der Waals surface area contributed by atoms with Crippen LogP contribution in [0.25, 0.3) is 5.69 Å². The highest BCUT2D eigenvalue weighted by molar-refractivity contribution is 14.0. The van der Waals surface area contributed by atoms with Gasteiger partial charge in [-0.3, -0.25) is 0 Å². The van der Waals surface area contributed by atoms with Crippen LogP contribution in [0.15, 0.2) is 53.5 Å². The topological polar surface area (TPSA) is 104 Å². The van der Waals surface area contributed by atoms with Gasteiger partial charge in [-0.1, -0.05) is 12.1 Å². The van der Waals surface area contributed by atoms with Gasteiger partial charge in [-0.05, 0) is 61.7 Å². The fourth-order valence-corrected chi connectivity index (χ4v) is 3.16. The number of benzene rings is 2. The Kier molecular flexibility index (Phi) is 10.1. The fourth-order valence-electron chi connectivity index (χ4n) is 3.16. The summed E-state index contributed by atoms with van der Waals surface area (Å²) in [6, 6.07) is 14.2. The maximum Gasteiger partial charge on any atom is 0.191 e. The molecule has 3 aromatic rings. The van der Waals surface area contributed by atoms with Crippen molar-refractivity contribution in [2.24, 2.45) is 4.99 Å². The van der Waals surface area contributed by atoms with Crippen molar-refractivity contribution in [3.63, 3.8) is 0 Å². The molecule has 0 aliphatic rings. The van der Waals surface area contributed by atoms with Gasteiger partial charge < -0.3 is 16.4 Å². The minimum absolute atomic E-state index is 0. The van der Waals surface area contributed by atoms with Crippen molar-refractivity contribution >= 4 is 35.8 Å². The zero-order chi connectivity index (χ0) is 22.9. The Bertz CT molecular complexity index is 1120. The standard InChI is InChI=1S/C23H25F2N7.HI/c1-2-28-23(30-15-16-5-3-6-18(25)13-16)29-12-4-7-21-20(14-26)22(27)32(31-21)19-10-8-17(24)9-11-19;/h3,5-6,8-11,13H,2,4,7,12,15,27H2,1H3,(H2,28,29,30);1H. The molecule has 4 N–H and O–H groups in total. The van der Waals surface area contributed by atoms with Crippen LogP contribution < -0.4 is 16.4 Å². The van der Waals surface area contributed by atoms with E-state index in [0.717, 1.165) is 5.56 Å². The molecule has 0 radical (unpaired) electrons. The van der Waals surface area contributed by atoms with E-state index in [9.17, 15) is 14.0 Å². The van der Waals surface area contributed by atoms with E-state index in [4.69, 9.17) is 5.73 Å². The molecular formula is C23H26F2IN7. The zero-order valence-electron chi connectivity index (χ0n) is 18.2. The number of nitrogens with one attached hydrogen (secondary N) is 2. The van der Waals surface area contributed by atoms with Gasteiger partial charge in [-0.15, -0.1) is 24.0 Å². The molecule has 0 aliphatic carbocycles. The number of hydrogen-bond acceptors (Lipinski definition) is 4. The van der Waals surface area contributed by atoms with Crippen LogP contribution in [0.4, 0.5) is 14.6 Å². The Hall–Kier alpha value is -3.20. The molecule has 1 heterocycles. The van der Waals surface area contributed by atoms with Crippen molar-refractivity contribution in [1.82, 2.24) is 20.4 Å². The third-order valence-electron chi connectivity index (χ3n) is 4.71. The number of nitrogens with two attached hydrogens (primary N) is 1. The molecule has 174 valence electrons. The largest absolute Gasteiger partial charge is 0.382 e. The van der Waals surface area contributed by atoms with Crippen LogP contribution >= 0.6 is 24.0 Å². The van der Waals surface area contributed by atoms with Gasteiger partial charge in [0.05, 0.1) is 17.9 Å². The van der Waals surface area contributed by atoms with Crippen LogP contribution in [0.2, 0.25) is 0 Å². The van der Waals surface area contributed by atoms with Crippen LogP contribution in [0.1, 0.15) is 30.2 Å². The summed E-state index contributed by atoms with van der Waals surface area (Å²) in [6.07, 6.45) is 1.20. The maximum absolute atomic E-state index is 13.3. The van der Waals surface area contributed by atoms with E-state index in [1.807, 2.05) is 13.0 Å². The first-order valence-corrected chi connectivity index (χ1v) is 10.3. The number of aryl methyl sites for hydroxylation is 1. The molecule has 0 aliphatic heterocycles. The number of aromatic nitrogens is 2. The van der Waals surface area contributed by atoms with Crippen molar-refractivity contribution in [3.05, 3.63) is 77.0 Å². The summed E-state index contributed by atoms with van der Waals surface area (Å²) in [5.41, 5.74) is 8.36. The van der Waals surface area contributed by atoms with Gasteiger partial charge in [0.25, 0.3) is 0 Å². The normalized spacial score (nSPS) is 10.9. The molecule has 0 bridgehead atoms. The van der Waals surface area contributed by atoms with E-state index >= 15 is 0 Å². The highest BCUT2D eigenvalue weighted by Crippen LogP contribution is 2.21. The second kappa shape index (κ2) is 12.7. The Morgan fingerprint density at radius 3 is 2.58 bits per heavy atom. The third-order valence-corrected chi connectivity index (χ3v) is 4.71. The highest BCUT2D eigenvalue weighted by atomic mass is 127. The summed E-state index contributed by atoms with van der Waals surface area (Å²) in [6.45, 7) is 3.59. The van der Waals surface area contributed by atoms with Gasteiger partial charge >= 0.3 is 0 Å². The van der Waals surface area contributed by atoms with E-state index in [2.05, 4.69) is 26.8 Å². The average Bonchev–Trinajstić information content (AvgIpc) is 3.10. The predicted octanol–water partition coefficient (Wildman–Crippen LogP) is 3.91. The SMILES string of the molecule is CCNC(=NCc1cccc(F)c1)NCCCc1nn(-c2ccc(F)cc2)c(N)c1C#N.I. The number of nitrogen functional groups attached to an aromatic ring is 1. The lowest BCUT2D eigenvalue weighted by molar-refractivity contribution is 0.625. The highest BCUT2D eigenvalue weighted by Gasteiger charge is 2.16. The van der Waals surface area contributed by atoms with Gasteiger partial charge in [0.2, 0.25) is 0 Å². The Morgan fingerprint density at radius 2 is 1.91 bits per heavy atom. The summed E-state index contributed by atoms with van der Waals surface area (Å²) in [7, 11) is 0. The first-order chi connectivity index (χ1) is 15.5. The second-order valence-corrected chi connectivity index (χ2v) is 7.06. The predicted molar refractivity (Wildman–Crippen MR) is 136 cm³/mol. The minimum atomic E-state index is -0.359. The van der Waals surface area contributed by atoms with Crippen LogP contribution in [0.5, 0.6) is 0 Å². The lowest BCUT2D eigenvalue weighted by atomic mass is 10.1. The number of guanidine groups is 1. The number of nitriles is 1.